The summed E-state index contributed by atoms with van der Waals surface area (Å²) in [6.07, 6.45) is 2.51. The van der Waals surface area contributed by atoms with Gasteiger partial charge in [0.2, 0.25) is 0 Å². The van der Waals surface area contributed by atoms with Gasteiger partial charge in [0.05, 0.1) is 11.0 Å². The largest absolute Gasteiger partial charge is 0.374 e. The van der Waals surface area contributed by atoms with Crippen molar-refractivity contribution in [2.45, 2.75) is 38.5 Å². The molecule has 4 nitrogen and oxygen atoms in total. The molecule has 18 heavy (non-hydrogen) atoms. The first kappa shape index (κ1) is 11.7. The number of aromatic nitrogens is 2. The van der Waals surface area contributed by atoms with Gasteiger partial charge in [0, 0.05) is 19.7 Å². The van der Waals surface area contributed by atoms with Crippen LogP contribution in [0.25, 0.3) is 11.0 Å². The van der Waals surface area contributed by atoms with Crippen molar-refractivity contribution in [2.75, 3.05) is 7.11 Å². The fourth-order valence-electron chi connectivity index (χ4n) is 2.40. The maximum absolute atomic E-state index is 5.68. The topological polar surface area (TPSA) is 53.1 Å². The molecule has 1 saturated carbocycles. The summed E-state index contributed by atoms with van der Waals surface area (Å²) in [7, 11) is 1.73. The Bertz CT molecular complexity index is 572. The number of hydrogen-bond acceptors (Lipinski definition) is 3. The normalized spacial score (nSPS) is 17.3. The van der Waals surface area contributed by atoms with Gasteiger partial charge in [0.15, 0.2) is 0 Å². The molecule has 1 aliphatic carbocycles. The number of imidazole rings is 1. The van der Waals surface area contributed by atoms with Crippen LogP contribution in [-0.4, -0.2) is 16.7 Å². The summed E-state index contributed by atoms with van der Waals surface area (Å²) in [6, 6.07) is 6.91. The minimum Gasteiger partial charge on any atom is -0.374 e. The third-order valence-corrected chi connectivity index (χ3v) is 3.65. The third kappa shape index (κ3) is 1.82. The first-order valence-electron chi connectivity index (χ1n) is 6.48. The van der Waals surface area contributed by atoms with Crippen LogP contribution in [-0.2, 0) is 11.3 Å². The summed E-state index contributed by atoms with van der Waals surface area (Å²) in [5.41, 5.74) is 9.04. The predicted octanol–water partition coefficient (Wildman–Crippen LogP) is 2.54. The van der Waals surface area contributed by atoms with Crippen LogP contribution in [0.4, 0.5) is 0 Å². The number of nitrogens with two attached hydrogens (primary N) is 1. The second kappa shape index (κ2) is 4.37. The van der Waals surface area contributed by atoms with Crippen molar-refractivity contribution < 1.29 is 4.74 Å². The Morgan fingerprint density at radius 2 is 2.28 bits per heavy atom. The van der Waals surface area contributed by atoms with E-state index in [0.29, 0.717) is 12.6 Å². The molecular formula is C14H19N3O. The zero-order valence-corrected chi connectivity index (χ0v) is 10.9. The number of nitrogens with zero attached hydrogens (tertiary/aromatic N) is 2. The molecule has 2 aromatic rings. The molecule has 0 bridgehead atoms. The third-order valence-electron chi connectivity index (χ3n) is 3.65. The van der Waals surface area contributed by atoms with Crippen molar-refractivity contribution in [3.63, 3.8) is 0 Å². The van der Waals surface area contributed by atoms with Crippen LogP contribution >= 0.6 is 0 Å². The van der Waals surface area contributed by atoms with Gasteiger partial charge in [-0.2, -0.15) is 0 Å². The van der Waals surface area contributed by atoms with Crippen LogP contribution < -0.4 is 5.73 Å². The molecule has 0 radical (unpaired) electrons. The number of hydrogen-bond donors (Lipinski definition) is 1. The van der Waals surface area contributed by atoms with E-state index in [1.54, 1.807) is 7.11 Å². The van der Waals surface area contributed by atoms with Crippen molar-refractivity contribution in [1.82, 2.24) is 9.55 Å². The van der Waals surface area contributed by atoms with E-state index in [1.165, 1.54) is 18.4 Å². The smallest absolute Gasteiger partial charge is 0.139 e. The summed E-state index contributed by atoms with van der Waals surface area (Å²) >= 11 is 0. The molecule has 1 aromatic carbocycles. The fraction of sp³-hybridized carbons (Fsp3) is 0.500. The second-order valence-corrected chi connectivity index (χ2v) is 4.98. The number of rotatable bonds is 4. The van der Waals surface area contributed by atoms with Gasteiger partial charge in [-0.25, -0.2) is 4.98 Å². The molecule has 1 atom stereocenters. The molecular weight excluding hydrogens is 226 g/mol. The van der Waals surface area contributed by atoms with E-state index < -0.39 is 0 Å². The highest BCUT2D eigenvalue weighted by molar-refractivity contribution is 5.77. The maximum Gasteiger partial charge on any atom is 0.139 e. The standard InChI is InChI=1S/C14H19N3O/c1-9(18-2)14-16-12-7-10(8-15)3-6-13(12)17(14)11-4-5-11/h3,6-7,9,11H,4-5,8,15H2,1-2H3. The number of methoxy groups -OCH3 is 1. The van der Waals surface area contributed by atoms with Crippen LogP contribution in [0.5, 0.6) is 0 Å². The van der Waals surface area contributed by atoms with E-state index in [4.69, 9.17) is 15.5 Å². The summed E-state index contributed by atoms with van der Waals surface area (Å²) in [5, 5.41) is 0. The first-order chi connectivity index (χ1) is 8.74. The van der Waals surface area contributed by atoms with E-state index in [2.05, 4.69) is 22.8 Å². The summed E-state index contributed by atoms with van der Waals surface area (Å²) in [6.45, 7) is 2.60. The van der Waals surface area contributed by atoms with Crippen molar-refractivity contribution >= 4 is 11.0 Å². The lowest BCUT2D eigenvalue weighted by Crippen LogP contribution is -2.07. The number of fused-ring (bicyclic) bond motifs is 1. The predicted molar refractivity (Wildman–Crippen MR) is 71.3 cm³/mol. The Balaban J connectivity index is 2.18. The van der Waals surface area contributed by atoms with Crippen molar-refractivity contribution in [3.05, 3.63) is 29.6 Å². The quantitative estimate of drug-likeness (QED) is 0.900. The van der Waals surface area contributed by atoms with Gasteiger partial charge in [-0.3, -0.25) is 0 Å². The van der Waals surface area contributed by atoms with Crippen LogP contribution in [0.1, 0.15) is 43.3 Å². The Hall–Kier alpha value is -1.39. The highest BCUT2D eigenvalue weighted by atomic mass is 16.5. The molecule has 1 heterocycles. The zero-order chi connectivity index (χ0) is 12.7. The van der Waals surface area contributed by atoms with Gasteiger partial charge in [0.25, 0.3) is 0 Å². The summed E-state index contributed by atoms with van der Waals surface area (Å²) < 4.78 is 7.77. The number of benzene rings is 1. The molecule has 1 aliphatic rings. The molecule has 0 spiro atoms. The molecule has 3 rings (SSSR count). The first-order valence-corrected chi connectivity index (χ1v) is 6.48. The van der Waals surface area contributed by atoms with Crippen molar-refractivity contribution in [3.8, 4) is 0 Å². The summed E-state index contributed by atoms with van der Waals surface area (Å²) in [5.74, 6) is 1.03. The highest BCUT2D eigenvalue weighted by Crippen LogP contribution is 2.40. The molecule has 1 unspecified atom stereocenters. The maximum atomic E-state index is 5.68. The van der Waals surface area contributed by atoms with Crippen LogP contribution in [0.2, 0.25) is 0 Å². The average molecular weight is 245 g/mol. The van der Waals surface area contributed by atoms with Crippen molar-refractivity contribution in [2.24, 2.45) is 5.73 Å². The van der Waals surface area contributed by atoms with Gasteiger partial charge in [-0.15, -0.1) is 0 Å². The molecule has 1 fully saturated rings. The Labute approximate surface area is 107 Å². The minimum atomic E-state index is 0.0272. The lowest BCUT2D eigenvalue weighted by Gasteiger charge is -2.12. The second-order valence-electron chi connectivity index (χ2n) is 4.98. The Morgan fingerprint density at radius 3 is 2.89 bits per heavy atom. The van der Waals surface area contributed by atoms with Crippen LogP contribution in [0.3, 0.4) is 0 Å². The molecule has 2 N–H and O–H groups in total. The molecule has 0 saturated heterocycles. The van der Waals surface area contributed by atoms with Gasteiger partial charge in [-0.05, 0) is 37.5 Å². The van der Waals surface area contributed by atoms with Crippen LogP contribution in [0.15, 0.2) is 18.2 Å². The van der Waals surface area contributed by atoms with Gasteiger partial charge in [0.1, 0.15) is 11.9 Å². The highest BCUT2D eigenvalue weighted by Gasteiger charge is 2.29. The number of ether oxygens (including phenoxy) is 1. The van der Waals surface area contributed by atoms with Crippen molar-refractivity contribution in [1.29, 1.82) is 0 Å². The molecule has 0 aliphatic heterocycles. The van der Waals surface area contributed by atoms with E-state index in [1.807, 2.05) is 6.92 Å². The SMILES string of the molecule is COC(C)c1nc2cc(CN)ccc2n1C1CC1. The van der Waals surface area contributed by atoms with E-state index in [-0.39, 0.29) is 6.10 Å². The van der Waals surface area contributed by atoms with Gasteiger partial charge in [-0.1, -0.05) is 6.07 Å². The molecule has 0 amide bonds. The lowest BCUT2D eigenvalue weighted by atomic mass is 10.2. The van der Waals surface area contributed by atoms with Crippen LogP contribution in [0, 0.1) is 0 Å². The Morgan fingerprint density at radius 1 is 1.50 bits per heavy atom. The summed E-state index contributed by atoms with van der Waals surface area (Å²) in [4.78, 5) is 4.74. The van der Waals surface area contributed by atoms with Gasteiger partial charge < -0.3 is 15.0 Å². The molecule has 96 valence electrons. The zero-order valence-electron chi connectivity index (χ0n) is 10.9. The van der Waals surface area contributed by atoms with Gasteiger partial charge >= 0.3 is 0 Å². The fourth-order valence-corrected chi connectivity index (χ4v) is 2.40. The van der Waals surface area contributed by atoms with E-state index >= 15 is 0 Å². The van der Waals surface area contributed by atoms with E-state index in [9.17, 15) is 0 Å². The molecule has 4 heteroatoms. The molecule has 1 aromatic heterocycles. The van der Waals surface area contributed by atoms with E-state index in [0.717, 1.165) is 16.9 Å². The lowest BCUT2D eigenvalue weighted by molar-refractivity contribution is 0.109. The average Bonchev–Trinajstić information content (AvgIpc) is 3.17. The monoisotopic (exact) mass is 245 g/mol. The Kier molecular flexibility index (Phi) is 2.84. The minimum absolute atomic E-state index is 0.0272.